The molecule has 0 saturated carbocycles. The van der Waals surface area contributed by atoms with Gasteiger partial charge in [-0.15, -0.1) is 0 Å². The summed E-state index contributed by atoms with van der Waals surface area (Å²) in [7, 11) is 0. The Balaban J connectivity index is 4.09. The number of hydrogen-bond donors (Lipinski definition) is 2. The highest BCUT2D eigenvalue weighted by Gasteiger charge is 2.30. The van der Waals surface area contributed by atoms with Gasteiger partial charge in [-0.1, -0.05) is 34.6 Å². The Hall–Kier alpha value is -0.570. The molecule has 1 atom stereocenters. The largest absolute Gasteiger partial charge is 0.392 e. The van der Waals surface area contributed by atoms with E-state index in [2.05, 4.69) is 5.32 Å². The molecule has 1 unspecified atom stereocenters. The fraction of sp³-hybridized carbons (Fsp3) is 0.917. The Kier molecular flexibility index (Phi) is 5.88. The average Bonchev–Trinajstić information content (AvgIpc) is 2.14. The Labute approximate surface area is 93.3 Å². The maximum atomic E-state index is 11.3. The van der Waals surface area contributed by atoms with E-state index in [0.29, 0.717) is 13.0 Å². The van der Waals surface area contributed by atoms with Crippen molar-refractivity contribution in [2.24, 2.45) is 11.3 Å². The van der Waals surface area contributed by atoms with Gasteiger partial charge in [-0.25, -0.2) is 0 Å². The van der Waals surface area contributed by atoms with E-state index in [0.717, 1.165) is 6.42 Å². The lowest BCUT2D eigenvalue weighted by Crippen LogP contribution is -2.43. The van der Waals surface area contributed by atoms with Crippen LogP contribution >= 0.6 is 0 Å². The minimum Gasteiger partial charge on any atom is -0.392 e. The van der Waals surface area contributed by atoms with Gasteiger partial charge in [0.25, 0.3) is 0 Å². The Bertz CT molecular complexity index is 200. The summed E-state index contributed by atoms with van der Waals surface area (Å²) in [5, 5.41) is 12.8. The SMILES string of the molecule is CCCC(=O)NCC(C)(C)C(O)C(C)C. The molecule has 0 spiro atoms. The first kappa shape index (κ1) is 14.4. The fourth-order valence-electron chi connectivity index (χ4n) is 1.65. The van der Waals surface area contributed by atoms with Gasteiger partial charge in [0.2, 0.25) is 5.91 Å². The Morgan fingerprint density at radius 2 is 1.93 bits per heavy atom. The van der Waals surface area contributed by atoms with Gasteiger partial charge in [0.15, 0.2) is 0 Å². The Morgan fingerprint density at radius 1 is 1.40 bits per heavy atom. The zero-order chi connectivity index (χ0) is 12.1. The number of carbonyl (C=O) groups is 1. The van der Waals surface area contributed by atoms with Gasteiger partial charge in [0.1, 0.15) is 0 Å². The second kappa shape index (κ2) is 6.11. The fourth-order valence-corrected chi connectivity index (χ4v) is 1.65. The first-order chi connectivity index (χ1) is 6.81. The molecule has 0 fully saturated rings. The maximum absolute atomic E-state index is 11.3. The van der Waals surface area contributed by atoms with Crippen molar-refractivity contribution >= 4 is 5.91 Å². The third kappa shape index (κ3) is 5.17. The molecule has 0 saturated heterocycles. The van der Waals surface area contributed by atoms with Gasteiger partial charge in [0.05, 0.1) is 6.10 Å². The molecule has 3 heteroatoms. The van der Waals surface area contributed by atoms with Crippen molar-refractivity contribution in [1.29, 1.82) is 0 Å². The van der Waals surface area contributed by atoms with Crippen LogP contribution in [0.3, 0.4) is 0 Å². The molecule has 0 bridgehead atoms. The van der Waals surface area contributed by atoms with Gasteiger partial charge in [-0.3, -0.25) is 4.79 Å². The molecule has 0 aliphatic rings. The predicted molar refractivity (Wildman–Crippen MR) is 62.5 cm³/mol. The highest BCUT2D eigenvalue weighted by atomic mass is 16.3. The van der Waals surface area contributed by atoms with Crippen LogP contribution in [-0.2, 0) is 4.79 Å². The zero-order valence-corrected chi connectivity index (χ0v) is 10.6. The van der Waals surface area contributed by atoms with Crippen LogP contribution in [-0.4, -0.2) is 23.7 Å². The molecule has 0 heterocycles. The lowest BCUT2D eigenvalue weighted by Gasteiger charge is -2.33. The standard InChI is InChI=1S/C12H25NO2/c1-6-7-10(14)13-8-12(4,5)11(15)9(2)3/h9,11,15H,6-8H2,1-5H3,(H,13,14). The minimum absolute atomic E-state index is 0.0709. The van der Waals surface area contributed by atoms with Crippen molar-refractivity contribution in [2.75, 3.05) is 6.54 Å². The predicted octanol–water partition coefficient (Wildman–Crippen LogP) is 1.95. The van der Waals surface area contributed by atoms with Crippen LogP contribution < -0.4 is 5.32 Å². The second-order valence-electron chi connectivity index (χ2n) is 5.20. The number of aliphatic hydroxyl groups excluding tert-OH is 1. The highest BCUT2D eigenvalue weighted by Crippen LogP contribution is 2.24. The van der Waals surface area contributed by atoms with Gasteiger partial charge in [-0.05, 0) is 12.3 Å². The molecular formula is C12H25NO2. The van der Waals surface area contributed by atoms with E-state index >= 15 is 0 Å². The molecule has 0 aliphatic heterocycles. The van der Waals surface area contributed by atoms with E-state index in [1.807, 2.05) is 34.6 Å². The molecule has 0 radical (unpaired) electrons. The molecule has 2 N–H and O–H groups in total. The van der Waals surface area contributed by atoms with Crippen molar-refractivity contribution in [2.45, 2.75) is 53.6 Å². The lowest BCUT2D eigenvalue weighted by molar-refractivity contribution is -0.122. The first-order valence-corrected chi connectivity index (χ1v) is 5.76. The quantitative estimate of drug-likeness (QED) is 0.711. The third-order valence-corrected chi connectivity index (χ3v) is 2.65. The van der Waals surface area contributed by atoms with E-state index in [1.165, 1.54) is 0 Å². The molecule has 0 aromatic heterocycles. The topological polar surface area (TPSA) is 49.3 Å². The van der Waals surface area contributed by atoms with Crippen LogP contribution in [0.5, 0.6) is 0 Å². The molecular weight excluding hydrogens is 190 g/mol. The number of aliphatic hydroxyl groups is 1. The van der Waals surface area contributed by atoms with E-state index in [9.17, 15) is 9.90 Å². The summed E-state index contributed by atoms with van der Waals surface area (Å²) in [6.07, 6.45) is 1.03. The van der Waals surface area contributed by atoms with Crippen molar-refractivity contribution in [1.82, 2.24) is 5.32 Å². The molecule has 0 rings (SSSR count). The van der Waals surface area contributed by atoms with Crippen molar-refractivity contribution in [3.8, 4) is 0 Å². The number of carbonyl (C=O) groups excluding carboxylic acids is 1. The monoisotopic (exact) mass is 215 g/mol. The van der Waals surface area contributed by atoms with Crippen LogP contribution in [0.1, 0.15) is 47.5 Å². The summed E-state index contributed by atoms with van der Waals surface area (Å²) in [6, 6.07) is 0. The lowest BCUT2D eigenvalue weighted by atomic mass is 9.80. The third-order valence-electron chi connectivity index (χ3n) is 2.65. The second-order valence-corrected chi connectivity index (χ2v) is 5.20. The number of hydrogen-bond acceptors (Lipinski definition) is 2. The molecule has 0 aromatic rings. The van der Waals surface area contributed by atoms with Crippen LogP contribution in [0.4, 0.5) is 0 Å². The zero-order valence-electron chi connectivity index (χ0n) is 10.6. The molecule has 3 nitrogen and oxygen atoms in total. The molecule has 90 valence electrons. The van der Waals surface area contributed by atoms with Gasteiger partial charge < -0.3 is 10.4 Å². The average molecular weight is 215 g/mol. The van der Waals surface area contributed by atoms with Crippen LogP contribution in [0.15, 0.2) is 0 Å². The van der Waals surface area contributed by atoms with E-state index in [1.54, 1.807) is 0 Å². The molecule has 0 aromatic carbocycles. The van der Waals surface area contributed by atoms with Crippen molar-refractivity contribution in [3.63, 3.8) is 0 Å². The van der Waals surface area contributed by atoms with Gasteiger partial charge in [-0.2, -0.15) is 0 Å². The highest BCUT2D eigenvalue weighted by molar-refractivity contribution is 5.75. The molecule has 15 heavy (non-hydrogen) atoms. The van der Waals surface area contributed by atoms with Crippen LogP contribution in [0, 0.1) is 11.3 Å². The summed E-state index contributed by atoms with van der Waals surface area (Å²) >= 11 is 0. The maximum Gasteiger partial charge on any atom is 0.220 e. The summed E-state index contributed by atoms with van der Waals surface area (Å²) in [5.74, 6) is 0.282. The smallest absolute Gasteiger partial charge is 0.220 e. The van der Waals surface area contributed by atoms with Crippen LogP contribution in [0.2, 0.25) is 0 Å². The summed E-state index contributed by atoms with van der Waals surface area (Å²) in [6.45, 7) is 10.4. The summed E-state index contributed by atoms with van der Waals surface area (Å²) in [4.78, 5) is 11.3. The first-order valence-electron chi connectivity index (χ1n) is 5.76. The number of nitrogens with one attached hydrogen (secondary N) is 1. The number of rotatable bonds is 6. The van der Waals surface area contributed by atoms with Crippen LogP contribution in [0.25, 0.3) is 0 Å². The summed E-state index contributed by atoms with van der Waals surface area (Å²) in [5.41, 5.74) is -0.266. The van der Waals surface area contributed by atoms with Crippen molar-refractivity contribution < 1.29 is 9.90 Å². The number of amides is 1. The Morgan fingerprint density at radius 3 is 2.33 bits per heavy atom. The van der Waals surface area contributed by atoms with E-state index < -0.39 is 0 Å². The van der Waals surface area contributed by atoms with E-state index in [-0.39, 0.29) is 23.3 Å². The van der Waals surface area contributed by atoms with Gasteiger partial charge in [0, 0.05) is 18.4 Å². The van der Waals surface area contributed by atoms with Gasteiger partial charge >= 0.3 is 0 Å². The van der Waals surface area contributed by atoms with E-state index in [4.69, 9.17) is 0 Å². The molecule has 1 amide bonds. The normalized spacial score (nSPS) is 14.1. The minimum atomic E-state index is -0.389. The summed E-state index contributed by atoms with van der Waals surface area (Å²) < 4.78 is 0. The van der Waals surface area contributed by atoms with Crippen molar-refractivity contribution in [3.05, 3.63) is 0 Å². The molecule has 0 aliphatic carbocycles.